The summed E-state index contributed by atoms with van der Waals surface area (Å²) < 4.78 is 10.9. The van der Waals surface area contributed by atoms with E-state index in [0.29, 0.717) is 13.0 Å². The molecule has 4 rings (SSSR count). The van der Waals surface area contributed by atoms with E-state index in [1.165, 1.54) is 12.0 Å². The van der Waals surface area contributed by atoms with E-state index in [0.717, 1.165) is 35.1 Å². The Labute approximate surface area is 205 Å². The lowest BCUT2D eigenvalue weighted by atomic mass is 9.88. The average Bonchev–Trinajstić information content (AvgIpc) is 3.19. The maximum absolute atomic E-state index is 13.1. The number of rotatable bonds is 8. The number of carboxylic acid groups (broad SMARTS) is 1. The van der Waals surface area contributed by atoms with Crippen LogP contribution in [0.25, 0.3) is 11.1 Å². The van der Waals surface area contributed by atoms with Crippen molar-refractivity contribution in [2.24, 2.45) is 0 Å². The van der Waals surface area contributed by atoms with Crippen molar-refractivity contribution in [3.63, 3.8) is 0 Å². The monoisotopic (exact) mass is 480 g/mol. The number of benzene rings is 2. The molecule has 0 bridgehead atoms. The van der Waals surface area contributed by atoms with Crippen molar-refractivity contribution in [1.29, 1.82) is 0 Å². The molecule has 2 N–H and O–H groups in total. The summed E-state index contributed by atoms with van der Waals surface area (Å²) in [5, 5.41) is 12.4. The molecular weight excluding hydrogens is 448 g/mol. The minimum absolute atomic E-state index is 0.0331. The second-order valence-corrected chi connectivity index (χ2v) is 9.29. The Morgan fingerprint density at radius 3 is 2.31 bits per heavy atom. The Morgan fingerprint density at radius 2 is 1.71 bits per heavy atom. The fourth-order valence-corrected chi connectivity index (χ4v) is 5.17. The summed E-state index contributed by atoms with van der Waals surface area (Å²) in [4.78, 5) is 38.7. The Hall–Kier alpha value is -3.39. The Morgan fingerprint density at radius 1 is 1.09 bits per heavy atom. The van der Waals surface area contributed by atoms with E-state index in [1.54, 1.807) is 6.92 Å². The number of amides is 2. The highest BCUT2D eigenvalue weighted by molar-refractivity contribution is 5.89. The normalized spacial score (nSPS) is 20.0. The molecule has 0 spiro atoms. The predicted octanol–water partition coefficient (Wildman–Crippen LogP) is 3.79. The summed E-state index contributed by atoms with van der Waals surface area (Å²) in [6.45, 7) is 2.32. The van der Waals surface area contributed by atoms with Gasteiger partial charge in [0.05, 0.1) is 0 Å². The molecule has 0 aromatic heterocycles. The van der Waals surface area contributed by atoms with Gasteiger partial charge in [0, 0.05) is 32.5 Å². The van der Waals surface area contributed by atoms with Crippen LogP contribution in [0.4, 0.5) is 4.79 Å². The van der Waals surface area contributed by atoms with Gasteiger partial charge in [-0.1, -0.05) is 48.5 Å². The SMILES string of the molecule is COC(CCNC(=O)OCC1c2ccccc2-c2ccccc21)C(=O)N1CCCCC1(C)C(=O)O. The van der Waals surface area contributed by atoms with Crippen molar-refractivity contribution in [1.82, 2.24) is 10.2 Å². The van der Waals surface area contributed by atoms with Crippen LogP contribution in [0.2, 0.25) is 0 Å². The maximum atomic E-state index is 13.1. The third-order valence-electron chi connectivity index (χ3n) is 7.20. The van der Waals surface area contributed by atoms with Crippen molar-refractivity contribution >= 4 is 18.0 Å². The first-order valence-corrected chi connectivity index (χ1v) is 12.0. The maximum Gasteiger partial charge on any atom is 0.407 e. The van der Waals surface area contributed by atoms with Crippen LogP contribution in [-0.4, -0.2) is 66.4 Å². The molecule has 1 aliphatic carbocycles. The third-order valence-corrected chi connectivity index (χ3v) is 7.20. The van der Waals surface area contributed by atoms with Gasteiger partial charge in [-0.05, 0) is 48.4 Å². The summed E-state index contributed by atoms with van der Waals surface area (Å²) in [6, 6.07) is 16.2. The lowest BCUT2D eigenvalue weighted by Crippen LogP contribution is -2.60. The van der Waals surface area contributed by atoms with Gasteiger partial charge in [0.15, 0.2) is 0 Å². The van der Waals surface area contributed by atoms with Crippen LogP contribution < -0.4 is 5.32 Å². The number of hydrogen-bond donors (Lipinski definition) is 2. The number of carbonyl (C=O) groups excluding carboxylic acids is 2. The molecule has 1 saturated heterocycles. The van der Waals surface area contributed by atoms with Crippen molar-refractivity contribution in [3.05, 3.63) is 59.7 Å². The number of likely N-dealkylation sites (tertiary alicyclic amines) is 1. The van der Waals surface area contributed by atoms with E-state index in [4.69, 9.17) is 9.47 Å². The standard InChI is InChI=1S/C27H32N2O6/c1-27(25(31)32)14-7-8-16-29(27)24(30)23(34-2)13-15-28-26(33)35-17-22-20-11-5-3-9-18(20)19-10-4-6-12-21(19)22/h3-6,9-12,22-23H,7-8,13-17H2,1-2H3,(H,28,33)(H,31,32). The van der Waals surface area contributed by atoms with Gasteiger partial charge in [0.1, 0.15) is 18.2 Å². The molecule has 1 aliphatic heterocycles. The molecule has 186 valence electrons. The molecule has 2 aliphatic rings. The van der Waals surface area contributed by atoms with Gasteiger partial charge in [0.2, 0.25) is 0 Å². The minimum Gasteiger partial charge on any atom is -0.480 e. The predicted molar refractivity (Wildman–Crippen MR) is 130 cm³/mol. The summed E-state index contributed by atoms with van der Waals surface area (Å²) in [5.41, 5.74) is 3.34. The van der Waals surface area contributed by atoms with Crippen molar-refractivity contribution in [3.8, 4) is 11.1 Å². The number of fused-ring (bicyclic) bond motifs is 3. The number of nitrogens with zero attached hydrogens (tertiary/aromatic N) is 1. The van der Waals surface area contributed by atoms with Crippen LogP contribution in [0.5, 0.6) is 0 Å². The second kappa shape index (κ2) is 10.5. The van der Waals surface area contributed by atoms with Gasteiger partial charge in [-0.3, -0.25) is 4.79 Å². The molecule has 0 radical (unpaired) electrons. The van der Waals surface area contributed by atoms with Gasteiger partial charge in [-0.2, -0.15) is 0 Å². The van der Waals surface area contributed by atoms with Gasteiger partial charge in [-0.15, -0.1) is 0 Å². The van der Waals surface area contributed by atoms with Crippen molar-refractivity contribution < 1.29 is 29.0 Å². The zero-order chi connectivity index (χ0) is 25.0. The van der Waals surface area contributed by atoms with E-state index in [2.05, 4.69) is 29.6 Å². The highest BCUT2D eigenvalue weighted by Gasteiger charge is 2.45. The molecule has 1 heterocycles. The Balaban J connectivity index is 1.31. The van der Waals surface area contributed by atoms with E-state index >= 15 is 0 Å². The smallest absolute Gasteiger partial charge is 0.407 e. The quantitative estimate of drug-likeness (QED) is 0.596. The summed E-state index contributed by atoms with van der Waals surface area (Å²) >= 11 is 0. The molecule has 35 heavy (non-hydrogen) atoms. The number of carbonyl (C=O) groups is 3. The Kier molecular flexibility index (Phi) is 7.40. The highest BCUT2D eigenvalue weighted by Crippen LogP contribution is 2.44. The first-order valence-electron chi connectivity index (χ1n) is 12.0. The summed E-state index contributed by atoms with van der Waals surface area (Å²) in [7, 11) is 1.41. The fraction of sp³-hybridized carbons (Fsp3) is 0.444. The third kappa shape index (κ3) is 4.89. The highest BCUT2D eigenvalue weighted by atomic mass is 16.5. The average molecular weight is 481 g/mol. The molecule has 2 atom stereocenters. The van der Waals surface area contributed by atoms with Gasteiger partial charge in [0.25, 0.3) is 5.91 Å². The zero-order valence-corrected chi connectivity index (χ0v) is 20.2. The molecule has 1 fully saturated rings. The number of aliphatic carboxylic acids is 1. The molecule has 0 saturated carbocycles. The number of alkyl carbamates (subject to hydrolysis) is 1. The number of carboxylic acids is 1. The fourth-order valence-electron chi connectivity index (χ4n) is 5.17. The zero-order valence-electron chi connectivity index (χ0n) is 20.2. The summed E-state index contributed by atoms with van der Waals surface area (Å²) in [6.07, 6.45) is 0.716. The van der Waals surface area contributed by atoms with Crippen LogP contribution in [0.3, 0.4) is 0 Å². The van der Waals surface area contributed by atoms with Crippen LogP contribution in [0.15, 0.2) is 48.5 Å². The van der Waals surface area contributed by atoms with Gasteiger partial charge in [-0.25, -0.2) is 9.59 Å². The lowest BCUT2D eigenvalue weighted by molar-refractivity contribution is -0.166. The number of methoxy groups -OCH3 is 1. The Bertz CT molecular complexity index is 1060. The van der Waals surface area contributed by atoms with Crippen molar-refractivity contribution in [2.45, 2.75) is 50.2 Å². The lowest BCUT2D eigenvalue weighted by Gasteiger charge is -2.42. The molecule has 2 unspecified atom stereocenters. The van der Waals surface area contributed by atoms with E-state index in [-0.39, 0.29) is 31.4 Å². The van der Waals surface area contributed by atoms with E-state index in [9.17, 15) is 19.5 Å². The number of piperidine rings is 1. The first-order chi connectivity index (χ1) is 16.9. The van der Waals surface area contributed by atoms with Gasteiger partial charge < -0.3 is 24.8 Å². The second-order valence-electron chi connectivity index (χ2n) is 9.29. The number of hydrogen-bond acceptors (Lipinski definition) is 5. The van der Waals surface area contributed by atoms with Crippen LogP contribution in [0.1, 0.15) is 49.7 Å². The van der Waals surface area contributed by atoms with Crippen LogP contribution in [-0.2, 0) is 19.1 Å². The summed E-state index contributed by atoms with van der Waals surface area (Å²) in [5.74, 6) is -1.42. The molecular formula is C27H32N2O6. The van der Waals surface area contributed by atoms with Gasteiger partial charge >= 0.3 is 12.1 Å². The number of ether oxygens (including phenoxy) is 2. The minimum atomic E-state index is -1.24. The molecule has 2 aromatic carbocycles. The van der Waals surface area contributed by atoms with Crippen LogP contribution >= 0.6 is 0 Å². The molecule has 2 amide bonds. The first kappa shape index (κ1) is 24.7. The topological polar surface area (TPSA) is 105 Å². The largest absolute Gasteiger partial charge is 0.480 e. The molecule has 8 nitrogen and oxygen atoms in total. The molecule has 2 aromatic rings. The van der Waals surface area contributed by atoms with Crippen LogP contribution in [0, 0.1) is 0 Å². The van der Waals surface area contributed by atoms with Crippen molar-refractivity contribution in [2.75, 3.05) is 26.8 Å². The van der Waals surface area contributed by atoms with E-state index in [1.807, 2.05) is 24.3 Å². The van der Waals surface area contributed by atoms with E-state index < -0.39 is 23.7 Å². The molecule has 8 heteroatoms. The number of nitrogens with one attached hydrogen (secondary N) is 1.